The van der Waals surface area contributed by atoms with E-state index in [-0.39, 0.29) is 25.0 Å². The Hall–Kier alpha value is -3.10. The van der Waals surface area contributed by atoms with E-state index in [4.69, 9.17) is 21.1 Å². The topological polar surface area (TPSA) is 89.6 Å². The molecule has 0 bridgehead atoms. The Labute approximate surface area is 175 Å². The van der Waals surface area contributed by atoms with Crippen molar-refractivity contribution in [3.05, 3.63) is 69.7 Å². The number of amides is 2. The van der Waals surface area contributed by atoms with Gasteiger partial charge in [0, 0.05) is 22.5 Å². The number of anilines is 1. The molecule has 29 heavy (non-hydrogen) atoms. The van der Waals surface area contributed by atoms with Crippen molar-refractivity contribution < 1.29 is 19.1 Å². The van der Waals surface area contributed by atoms with Crippen LogP contribution in [0, 0.1) is 0 Å². The first-order valence-electron chi connectivity index (χ1n) is 8.74. The second-order valence-electron chi connectivity index (χ2n) is 6.21. The quantitative estimate of drug-likeness (QED) is 0.624. The Kier molecular flexibility index (Phi) is 5.64. The fraction of sp³-hybridized carbons (Fsp3) is 0.150. The Bertz CT molecular complexity index is 1070. The number of nitrogens with zero attached hydrogens (tertiary/aromatic N) is 1. The molecule has 0 radical (unpaired) electrons. The lowest BCUT2D eigenvalue weighted by Crippen LogP contribution is -2.24. The summed E-state index contributed by atoms with van der Waals surface area (Å²) in [4.78, 5) is 28.9. The fourth-order valence-corrected chi connectivity index (χ4v) is 3.62. The van der Waals surface area contributed by atoms with Crippen LogP contribution in [0.4, 0.5) is 5.13 Å². The van der Waals surface area contributed by atoms with E-state index < -0.39 is 0 Å². The van der Waals surface area contributed by atoms with Crippen LogP contribution in [0.3, 0.4) is 0 Å². The SMILES string of the molecule is O=C(Cc1csc(NC(=O)c2ccc3c(c2)OCO3)n1)NCc1ccccc1Cl. The highest BCUT2D eigenvalue weighted by atomic mass is 35.5. The van der Waals surface area contributed by atoms with Gasteiger partial charge < -0.3 is 14.8 Å². The van der Waals surface area contributed by atoms with Gasteiger partial charge in [-0.15, -0.1) is 11.3 Å². The normalized spacial score (nSPS) is 11.9. The van der Waals surface area contributed by atoms with Crippen molar-refractivity contribution in [3.63, 3.8) is 0 Å². The zero-order valence-corrected chi connectivity index (χ0v) is 16.7. The molecule has 148 valence electrons. The first-order chi connectivity index (χ1) is 14.1. The van der Waals surface area contributed by atoms with Gasteiger partial charge in [0.25, 0.3) is 5.91 Å². The lowest BCUT2D eigenvalue weighted by Gasteiger charge is -2.06. The van der Waals surface area contributed by atoms with Crippen molar-refractivity contribution in [2.24, 2.45) is 0 Å². The standard InChI is InChI=1S/C20H16ClN3O4S/c21-15-4-2-1-3-13(15)9-22-18(25)8-14-10-29-20(23-14)24-19(26)12-5-6-16-17(7-12)28-11-27-16/h1-7,10H,8-9,11H2,(H,22,25)(H,23,24,26). The van der Waals surface area contributed by atoms with Gasteiger partial charge in [0.2, 0.25) is 12.7 Å². The first-order valence-corrected chi connectivity index (χ1v) is 10.00. The number of carbonyl (C=O) groups excluding carboxylic acids is 2. The lowest BCUT2D eigenvalue weighted by atomic mass is 10.2. The minimum Gasteiger partial charge on any atom is -0.454 e. The zero-order chi connectivity index (χ0) is 20.2. The molecular weight excluding hydrogens is 414 g/mol. The van der Waals surface area contributed by atoms with Crippen LogP contribution in [-0.2, 0) is 17.8 Å². The molecule has 2 amide bonds. The summed E-state index contributed by atoms with van der Waals surface area (Å²) in [6.45, 7) is 0.491. The summed E-state index contributed by atoms with van der Waals surface area (Å²) in [6, 6.07) is 12.3. The average molecular weight is 430 g/mol. The van der Waals surface area contributed by atoms with Crippen LogP contribution < -0.4 is 20.1 Å². The third-order valence-electron chi connectivity index (χ3n) is 4.18. The lowest BCUT2D eigenvalue weighted by molar-refractivity contribution is -0.120. The summed E-state index contributed by atoms with van der Waals surface area (Å²) in [5.41, 5.74) is 1.86. The number of aromatic nitrogens is 1. The number of fused-ring (bicyclic) bond motifs is 1. The monoisotopic (exact) mass is 429 g/mol. The van der Waals surface area contributed by atoms with Gasteiger partial charge >= 0.3 is 0 Å². The molecule has 2 aromatic carbocycles. The molecule has 0 spiro atoms. The molecule has 0 saturated carbocycles. The van der Waals surface area contributed by atoms with Crippen molar-refractivity contribution in [2.75, 3.05) is 12.1 Å². The van der Waals surface area contributed by atoms with Gasteiger partial charge in [0.15, 0.2) is 16.6 Å². The summed E-state index contributed by atoms with van der Waals surface area (Å²) >= 11 is 7.34. The molecule has 0 fully saturated rings. The largest absolute Gasteiger partial charge is 0.454 e. The van der Waals surface area contributed by atoms with Crippen LogP contribution in [0.2, 0.25) is 5.02 Å². The maximum atomic E-state index is 12.4. The molecule has 3 aromatic rings. The minimum atomic E-state index is -0.313. The predicted octanol–water partition coefficient (Wildman–Crippen LogP) is 3.64. The summed E-state index contributed by atoms with van der Waals surface area (Å²) in [7, 11) is 0. The minimum absolute atomic E-state index is 0.112. The molecule has 0 unspecified atom stereocenters. The molecule has 7 nitrogen and oxygen atoms in total. The third-order valence-corrected chi connectivity index (χ3v) is 5.36. The first kappa shape index (κ1) is 19.2. The molecular formula is C20H16ClN3O4S. The molecule has 0 saturated heterocycles. The highest BCUT2D eigenvalue weighted by Crippen LogP contribution is 2.32. The molecule has 1 aliphatic rings. The number of ether oxygens (including phenoxy) is 2. The third kappa shape index (κ3) is 4.67. The number of nitrogens with one attached hydrogen (secondary N) is 2. The summed E-state index contributed by atoms with van der Waals surface area (Å²) in [6.07, 6.45) is 0.112. The Balaban J connectivity index is 1.31. The molecule has 0 atom stereocenters. The number of hydrogen-bond donors (Lipinski definition) is 2. The number of rotatable bonds is 6. The van der Waals surface area contributed by atoms with Crippen LogP contribution in [-0.4, -0.2) is 23.6 Å². The fourth-order valence-electron chi connectivity index (χ4n) is 2.72. The molecule has 2 N–H and O–H groups in total. The van der Waals surface area contributed by atoms with Gasteiger partial charge in [-0.25, -0.2) is 4.98 Å². The molecule has 2 heterocycles. The maximum Gasteiger partial charge on any atom is 0.257 e. The van der Waals surface area contributed by atoms with E-state index in [1.165, 1.54) is 11.3 Å². The molecule has 4 rings (SSSR count). The molecule has 9 heteroatoms. The van der Waals surface area contributed by atoms with Crippen LogP contribution >= 0.6 is 22.9 Å². The number of carbonyl (C=O) groups is 2. The van der Waals surface area contributed by atoms with Crippen molar-refractivity contribution in [3.8, 4) is 11.5 Å². The number of halogens is 1. The zero-order valence-electron chi connectivity index (χ0n) is 15.1. The van der Waals surface area contributed by atoms with E-state index in [9.17, 15) is 9.59 Å². The summed E-state index contributed by atoms with van der Waals surface area (Å²) in [5, 5.41) is 8.31. The average Bonchev–Trinajstić information content (AvgIpc) is 3.36. The number of hydrogen-bond acceptors (Lipinski definition) is 6. The Morgan fingerprint density at radius 3 is 2.83 bits per heavy atom. The van der Waals surface area contributed by atoms with Crippen LogP contribution in [0.25, 0.3) is 0 Å². The molecule has 1 aliphatic heterocycles. The van der Waals surface area contributed by atoms with Gasteiger partial charge in [-0.2, -0.15) is 0 Å². The summed E-state index contributed by atoms with van der Waals surface area (Å²) < 4.78 is 10.5. The second kappa shape index (κ2) is 8.50. The van der Waals surface area contributed by atoms with E-state index in [0.29, 0.717) is 39.5 Å². The highest BCUT2D eigenvalue weighted by Gasteiger charge is 2.17. The van der Waals surface area contributed by atoms with Gasteiger partial charge in [-0.3, -0.25) is 14.9 Å². The molecule has 1 aromatic heterocycles. The van der Waals surface area contributed by atoms with Crippen molar-refractivity contribution in [1.29, 1.82) is 0 Å². The molecule has 0 aliphatic carbocycles. The van der Waals surface area contributed by atoms with E-state index in [1.807, 2.05) is 18.2 Å². The van der Waals surface area contributed by atoms with Crippen LogP contribution in [0.5, 0.6) is 11.5 Å². The van der Waals surface area contributed by atoms with Crippen LogP contribution in [0.15, 0.2) is 47.8 Å². The van der Waals surface area contributed by atoms with Gasteiger partial charge in [0.05, 0.1) is 12.1 Å². The van der Waals surface area contributed by atoms with Crippen molar-refractivity contribution >= 4 is 39.9 Å². The summed E-state index contributed by atoms with van der Waals surface area (Å²) in [5.74, 6) is 0.657. The van der Waals surface area contributed by atoms with Gasteiger partial charge in [0.1, 0.15) is 0 Å². The Morgan fingerprint density at radius 1 is 1.14 bits per heavy atom. The smallest absolute Gasteiger partial charge is 0.257 e. The Morgan fingerprint density at radius 2 is 1.97 bits per heavy atom. The highest BCUT2D eigenvalue weighted by molar-refractivity contribution is 7.14. The van der Waals surface area contributed by atoms with E-state index in [1.54, 1.807) is 29.6 Å². The second-order valence-corrected chi connectivity index (χ2v) is 7.48. The predicted molar refractivity (Wildman–Crippen MR) is 110 cm³/mol. The van der Waals surface area contributed by atoms with Crippen LogP contribution in [0.1, 0.15) is 21.6 Å². The maximum absolute atomic E-state index is 12.4. The number of thiazole rings is 1. The van der Waals surface area contributed by atoms with Crippen molar-refractivity contribution in [1.82, 2.24) is 10.3 Å². The van der Waals surface area contributed by atoms with E-state index >= 15 is 0 Å². The van der Waals surface area contributed by atoms with Crippen molar-refractivity contribution in [2.45, 2.75) is 13.0 Å². The van der Waals surface area contributed by atoms with E-state index in [0.717, 1.165) is 5.56 Å². The van der Waals surface area contributed by atoms with Gasteiger partial charge in [-0.1, -0.05) is 29.8 Å². The van der Waals surface area contributed by atoms with E-state index in [2.05, 4.69) is 15.6 Å². The van der Waals surface area contributed by atoms with Gasteiger partial charge in [-0.05, 0) is 29.8 Å². The number of benzene rings is 2.